The number of rotatable bonds is 4. The second-order valence-electron chi connectivity index (χ2n) is 3.80. The molecule has 0 heterocycles. The van der Waals surface area contributed by atoms with Gasteiger partial charge in [-0.05, 0) is 71.1 Å². The summed E-state index contributed by atoms with van der Waals surface area (Å²) in [5, 5.41) is 2.81. The smallest absolute Gasteiger partial charge is 0.234 e. The van der Waals surface area contributed by atoms with Gasteiger partial charge in [0.05, 0.1) is 5.75 Å². The van der Waals surface area contributed by atoms with Crippen LogP contribution < -0.4 is 5.32 Å². The first-order chi connectivity index (χ1) is 9.13. The van der Waals surface area contributed by atoms with Crippen LogP contribution in [0.2, 0.25) is 0 Å². The molecule has 2 rings (SSSR count). The van der Waals surface area contributed by atoms with Crippen LogP contribution in [0.15, 0.2) is 53.4 Å². The molecule has 5 heteroatoms. The number of carbonyl (C=O) groups is 1. The van der Waals surface area contributed by atoms with E-state index in [4.69, 9.17) is 0 Å². The molecule has 0 atom stereocenters. The predicted molar refractivity (Wildman–Crippen MR) is 84.9 cm³/mol. The van der Waals surface area contributed by atoms with Crippen molar-refractivity contribution in [2.75, 3.05) is 11.1 Å². The third kappa shape index (κ3) is 4.83. The molecule has 0 unspecified atom stereocenters. The van der Waals surface area contributed by atoms with Gasteiger partial charge in [0, 0.05) is 14.2 Å². The maximum atomic E-state index is 12.7. The lowest BCUT2D eigenvalue weighted by molar-refractivity contribution is -0.113. The number of carbonyl (C=O) groups excluding carboxylic acids is 1. The van der Waals surface area contributed by atoms with Crippen LogP contribution in [-0.2, 0) is 4.79 Å². The Morgan fingerprint density at radius 3 is 2.37 bits per heavy atom. The van der Waals surface area contributed by atoms with Crippen LogP contribution in [0.4, 0.5) is 10.1 Å². The van der Waals surface area contributed by atoms with E-state index in [0.29, 0.717) is 5.75 Å². The number of amides is 1. The minimum absolute atomic E-state index is 0.0736. The highest BCUT2D eigenvalue weighted by molar-refractivity contribution is 14.1. The van der Waals surface area contributed by atoms with Crippen LogP contribution >= 0.6 is 34.4 Å². The minimum Gasteiger partial charge on any atom is -0.325 e. The van der Waals surface area contributed by atoms with Crippen molar-refractivity contribution < 1.29 is 9.18 Å². The van der Waals surface area contributed by atoms with E-state index in [2.05, 4.69) is 27.9 Å². The SMILES string of the molecule is O=C(CSc1ccc(F)cc1)Nc1ccc(I)cc1. The van der Waals surface area contributed by atoms with Crippen molar-refractivity contribution >= 4 is 45.9 Å². The van der Waals surface area contributed by atoms with Gasteiger partial charge in [-0.25, -0.2) is 4.39 Å². The fourth-order valence-corrected chi connectivity index (χ4v) is 2.47. The van der Waals surface area contributed by atoms with Crippen LogP contribution in [0, 0.1) is 9.39 Å². The van der Waals surface area contributed by atoms with Gasteiger partial charge < -0.3 is 5.32 Å². The predicted octanol–water partition coefficient (Wildman–Crippen LogP) is 4.16. The molecule has 2 aromatic rings. The number of benzene rings is 2. The number of halogens is 2. The molecule has 0 spiro atoms. The molecule has 0 aromatic heterocycles. The second-order valence-corrected chi connectivity index (χ2v) is 6.09. The average Bonchev–Trinajstić information content (AvgIpc) is 2.41. The summed E-state index contributed by atoms with van der Waals surface area (Å²) in [7, 11) is 0. The lowest BCUT2D eigenvalue weighted by atomic mass is 10.3. The minimum atomic E-state index is -0.271. The topological polar surface area (TPSA) is 29.1 Å². The van der Waals surface area contributed by atoms with E-state index in [1.165, 1.54) is 23.9 Å². The van der Waals surface area contributed by atoms with Crippen molar-refractivity contribution in [3.8, 4) is 0 Å². The fourth-order valence-electron chi connectivity index (χ4n) is 1.41. The summed E-state index contributed by atoms with van der Waals surface area (Å²) in [5.74, 6) is -0.0410. The van der Waals surface area contributed by atoms with Crippen LogP contribution in [-0.4, -0.2) is 11.7 Å². The number of hydrogen-bond donors (Lipinski definition) is 1. The quantitative estimate of drug-likeness (QED) is 0.631. The standard InChI is InChI=1S/C14H11FINOS/c15-10-1-7-13(8-2-10)19-9-14(18)17-12-5-3-11(16)4-6-12/h1-8H,9H2,(H,17,18). The molecule has 0 saturated carbocycles. The number of nitrogens with one attached hydrogen (secondary N) is 1. The van der Waals surface area contributed by atoms with Gasteiger partial charge in [0.2, 0.25) is 5.91 Å². The zero-order valence-corrected chi connectivity index (χ0v) is 12.9. The van der Waals surface area contributed by atoms with Crippen molar-refractivity contribution in [1.29, 1.82) is 0 Å². The highest BCUT2D eigenvalue weighted by Gasteiger charge is 2.03. The average molecular weight is 387 g/mol. The molecule has 1 N–H and O–H groups in total. The van der Waals surface area contributed by atoms with Crippen molar-refractivity contribution in [1.82, 2.24) is 0 Å². The highest BCUT2D eigenvalue weighted by Crippen LogP contribution is 2.18. The Hall–Kier alpha value is -1.08. The third-order valence-corrected chi connectivity index (χ3v) is 4.04. The Morgan fingerprint density at radius 2 is 1.74 bits per heavy atom. The first kappa shape index (κ1) is 14.3. The number of anilines is 1. The van der Waals surface area contributed by atoms with E-state index in [0.717, 1.165) is 14.2 Å². The molecular formula is C14H11FINOS. The van der Waals surface area contributed by atoms with Crippen LogP contribution in [0.25, 0.3) is 0 Å². The molecule has 2 nitrogen and oxygen atoms in total. The molecule has 19 heavy (non-hydrogen) atoms. The van der Waals surface area contributed by atoms with Crippen LogP contribution in [0.1, 0.15) is 0 Å². The Kier molecular flexibility index (Phi) is 5.21. The van der Waals surface area contributed by atoms with Gasteiger partial charge in [-0.3, -0.25) is 4.79 Å². The van der Waals surface area contributed by atoms with Crippen molar-refractivity contribution in [3.05, 3.63) is 57.9 Å². The van der Waals surface area contributed by atoms with Gasteiger partial charge in [-0.15, -0.1) is 11.8 Å². The van der Waals surface area contributed by atoms with E-state index < -0.39 is 0 Å². The molecule has 0 aliphatic rings. The molecule has 1 amide bonds. The largest absolute Gasteiger partial charge is 0.325 e. The second kappa shape index (κ2) is 6.91. The van der Waals surface area contributed by atoms with Crippen molar-refractivity contribution in [2.24, 2.45) is 0 Å². The Labute approximate surface area is 128 Å². The normalized spacial score (nSPS) is 10.2. The molecule has 0 bridgehead atoms. The van der Waals surface area contributed by atoms with E-state index in [1.54, 1.807) is 12.1 Å². The van der Waals surface area contributed by atoms with Gasteiger partial charge in [0.15, 0.2) is 0 Å². The highest BCUT2D eigenvalue weighted by atomic mass is 127. The summed E-state index contributed by atoms with van der Waals surface area (Å²) >= 11 is 3.59. The van der Waals surface area contributed by atoms with Gasteiger partial charge in [-0.2, -0.15) is 0 Å². The maximum absolute atomic E-state index is 12.7. The zero-order chi connectivity index (χ0) is 13.7. The van der Waals surface area contributed by atoms with E-state index >= 15 is 0 Å². The van der Waals surface area contributed by atoms with Gasteiger partial charge in [-0.1, -0.05) is 0 Å². The first-order valence-corrected chi connectivity index (χ1v) is 7.64. The Morgan fingerprint density at radius 1 is 1.11 bits per heavy atom. The van der Waals surface area contributed by atoms with Gasteiger partial charge in [0.1, 0.15) is 5.82 Å². The van der Waals surface area contributed by atoms with E-state index in [-0.39, 0.29) is 11.7 Å². The summed E-state index contributed by atoms with van der Waals surface area (Å²) < 4.78 is 13.8. The summed E-state index contributed by atoms with van der Waals surface area (Å²) in [6.07, 6.45) is 0. The fraction of sp³-hybridized carbons (Fsp3) is 0.0714. The number of thioether (sulfide) groups is 1. The molecule has 0 fully saturated rings. The van der Waals surface area contributed by atoms with Crippen molar-refractivity contribution in [3.63, 3.8) is 0 Å². The van der Waals surface area contributed by atoms with Crippen molar-refractivity contribution in [2.45, 2.75) is 4.90 Å². The van der Waals surface area contributed by atoms with Crippen LogP contribution in [0.5, 0.6) is 0 Å². The third-order valence-electron chi connectivity index (χ3n) is 2.31. The number of hydrogen-bond acceptors (Lipinski definition) is 2. The lowest BCUT2D eigenvalue weighted by Gasteiger charge is -2.05. The molecule has 98 valence electrons. The maximum Gasteiger partial charge on any atom is 0.234 e. The van der Waals surface area contributed by atoms with Gasteiger partial charge in [0.25, 0.3) is 0 Å². The Bertz CT molecular complexity index is 557. The van der Waals surface area contributed by atoms with E-state index in [1.807, 2.05) is 24.3 Å². The molecule has 2 aromatic carbocycles. The van der Waals surface area contributed by atoms with Gasteiger partial charge >= 0.3 is 0 Å². The summed E-state index contributed by atoms with van der Waals surface area (Å²) in [4.78, 5) is 12.6. The summed E-state index contributed by atoms with van der Waals surface area (Å²) in [6.45, 7) is 0. The molecule has 0 radical (unpaired) electrons. The molecule has 0 aliphatic carbocycles. The zero-order valence-electron chi connectivity index (χ0n) is 9.90. The summed E-state index contributed by atoms with van der Waals surface area (Å²) in [6, 6.07) is 13.7. The Balaban J connectivity index is 1.84. The molecule has 0 saturated heterocycles. The summed E-state index contributed by atoms with van der Waals surface area (Å²) in [5.41, 5.74) is 0.783. The van der Waals surface area contributed by atoms with Crippen LogP contribution in [0.3, 0.4) is 0 Å². The molecular weight excluding hydrogens is 376 g/mol. The van der Waals surface area contributed by atoms with E-state index in [9.17, 15) is 9.18 Å². The monoisotopic (exact) mass is 387 g/mol. The first-order valence-electron chi connectivity index (χ1n) is 5.57. The lowest BCUT2D eigenvalue weighted by Crippen LogP contribution is -2.13. The molecule has 0 aliphatic heterocycles.